The van der Waals surface area contributed by atoms with Crippen LogP contribution in [0.4, 0.5) is 0 Å². The Labute approximate surface area is 79.5 Å². The van der Waals surface area contributed by atoms with Gasteiger partial charge in [0, 0.05) is 0 Å². The molecule has 0 N–H and O–H groups in total. The molecule has 1 nitrogen and oxygen atoms in total. The van der Waals surface area contributed by atoms with Crippen molar-refractivity contribution in [3.05, 3.63) is 6.92 Å². The zero-order valence-electron chi connectivity index (χ0n) is 4.91. The molecule has 1 heterocycles. The Morgan fingerprint density at radius 1 is 1.40 bits per heavy atom. The highest BCUT2D eigenvalue weighted by atomic mass is 35.5. The predicted molar refractivity (Wildman–Crippen MR) is 44.0 cm³/mol. The van der Waals surface area contributed by atoms with Crippen molar-refractivity contribution in [2.24, 2.45) is 0 Å². The summed E-state index contributed by atoms with van der Waals surface area (Å²) >= 11 is 22.8. The normalized spacial score (nSPS) is 45.9. The molecule has 0 aromatic rings. The maximum Gasteiger partial charge on any atom is 0.179 e. The van der Waals surface area contributed by atoms with Crippen molar-refractivity contribution in [2.45, 2.75) is 14.8 Å². The predicted octanol–water partition coefficient (Wildman–Crippen LogP) is 2.57. The molecule has 2 atom stereocenters. The lowest BCUT2D eigenvalue weighted by molar-refractivity contribution is 0.108. The molecular weight excluding hydrogens is 218 g/mol. The molecule has 5 heteroatoms. The third kappa shape index (κ3) is 1.23. The van der Waals surface area contributed by atoms with Crippen LogP contribution in [0.25, 0.3) is 0 Å². The van der Waals surface area contributed by atoms with Gasteiger partial charge in [-0.3, -0.25) is 0 Å². The van der Waals surface area contributed by atoms with Gasteiger partial charge in [-0.05, 0) is 6.92 Å². The van der Waals surface area contributed by atoms with Gasteiger partial charge >= 0.3 is 0 Å². The van der Waals surface area contributed by atoms with E-state index < -0.39 is 14.8 Å². The average molecular weight is 223 g/mol. The van der Waals surface area contributed by atoms with Crippen molar-refractivity contribution in [2.75, 3.05) is 6.61 Å². The minimum absolute atomic E-state index is 0.224. The van der Waals surface area contributed by atoms with E-state index in [2.05, 4.69) is 6.92 Å². The lowest BCUT2D eigenvalue weighted by Gasteiger charge is -2.26. The molecule has 10 heavy (non-hydrogen) atoms. The molecule has 1 rings (SSSR count). The van der Waals surface area contributed by atoms with Crippen LogP contribution in [-0.2, 0) is 4.74 Å². The first-order chi connectivity index (χ1) is 4.38. The zero-order chi connectivity index (χ0) is 7.99. The van der Waals surface area contributed by atoms with E-state index in [4.69, 9.17) is 51.1 Å². The molecule has 0 aromatic carbocycles. The Balaban J connectivity index is 2.84. The summed E-state index contributed by atoms with van der Waals surface area (Å²) in [5, 5.41) is -1.83. The Morgan fingerprint density at radius 2 is 1.90 bits per heavy atom. The minimum atomic E-state index is -1.32. The van der Waals surface area contributed by atoms with Crippen LogP contribution in [0, 0.1) is 6.92 Å². The molecule has 0 saturated carbocycles. The summed E-state index contributed by atoms with van der Waals surface area (Å²) in [5.74, 6) is 0. The molecule has 1 fully saturated rings. The number of alkyl halides is 4. The van der Waals surface area contributed by atoms with Gasteiger partial charge in [-0.2, -0.15) is 0 Å². The van der Waals surface area contributed by atoms with E-state index in [1.54, 1.807) is 0 Å². The second-order valence-electron chi connectivity index (χ2n) is 2.13. The molecule has 1 saturated heterocycles. The van der Waals surface area contributed by atoms with Crippen molar-refractivity contribution in [3.8, 4) is 0 Å². The molecule has 0 spiro atoms. The number of ether oxygens (including phenoxy) is 1. The van der Waals surface area contributed by atoms with E-state index in [1.807, 2.05) is 0 Å². The zero-order valence-corrected chi connectivity index (χ0v) is 7.94. The summed E-state index contributed by atoms with van der Waals surface area (Å²) in [6.07, 6.45) is 0. The molecule has 59 valence electrons. The molecule has 1 radical (unpaired) electrons. The van der Waals surface area contributed by atoms with Crippen molar-refractivity contribution in [1.29, 1.82) is 0 Å². The van der Waals surface area contributed by atoms with Crippen LogP contribution in [0.3, 0.4) is 0 Å². The lowest BCUT2D eigenvalue weighted by Crippen LogP contribution is -2.39. The second-order valence-corrected chi connectivity index (χ2v) is 4.65. The van der Waals surface area contributed by atoms with Crippen LogP contribution in [0.5, 0.6) is 0 Å². The number of rotatable bonds is 0. The maximum atomic E-state index is 5.72. The first-order valence-corrected chi connectivity index (χ1v) is 4.15. The van der Waals surface area contributed by atoms with E-state index in [0.717, 1.165) is 0 Å². The van der Waals surface area contributed by atoms with Gasteiger partial charge in [-0.15, -0.1) is 11.6 Å². The molecule has 0 amide bonds. The highest BCUT2D eigenvalue weighted by Crippen LogP contribution is 2.49. The van der Waals surface area contributed by atoms with E-state index in [-0.39, 0.29) is 6.61 Å². The first kappa shape index (κ1) is 9.21. The van der Waals surface area contributed by atoms with E-state index in [9.17, 15) is 0 Å². The molecule has 0 aromatic heterocycles. The molecule has 0 bridgehead atoms. The van der Waals surface area contributed by atoms with Crippen LogP contribution in [0.1, 0.15) is 0 Å². The van der Waals surface area contributed by atoms with Crippen LogP contribution >= 0.6 is 46.4 Å². The van der Waals surface area contributed by atoms with Crippen molar-refractivity contribution < 1.29 is 4.74 Å². The number of halogens is 4. The van der Waals surface area contributed by atoms with Gasteiger partial charge < -0.3 is 4.74 Å². The van der Waals surface area contributed by atoms with Crippen molar-refractivity contribution in [3.63, 3.8) is 0 Å². The van der Waals surface area contributed by atoms with Gasteiger partial charge in [0.1, 0.15) is 0 Å². The fourth-order valence-electron chi connectivity index (χ4n) is 0.640. The average Bonchev–Trinajstić information content (AvgIpc) is 1.94. The summed E-state index contributed by atoms with van der Waals surface area (Å²) in [6, 6.07) is 0. The van der Waals surface area contributed by atoms with Crippen molar-refractivity contribution in [1.82, 2.24) is 0 Å². The summed E-state index contributed by atoms with van der Waals surface area (Å²) in [5.41, 5.74) is 0. The SMILES string of the molecule is [CH2]C1(Cl)OCC(Cl)C1(Cl)Cl. The summed E-state index contributed by atoms with van der Waals surface area (Å²) < 4.78 is 3.62. The van der Waals surface area contributed by atoms with E-state index in [0.29, 0.717) is 0 Å². The standard InChI is InChI=1S/C5H5Cl4O/c1-4(7)5(8,9)3(6)2-10-4/h3H,1-2H2. The van der Waals surface area contributed by atoms with Gasteiger partial charge in [0.2, 0.25) is 0 Å². The Kier molecular flexibility index (Phi) is 2.36. The molecule has 2 unspecified atom stereocenters. The Morgan fingerprint density at radius 3 is 2.00 bits per heavy atom. The Bertz CT molecular complexity index is 145. The monoisotopic (exact) mass is 221 g/mol. The fraction of sp³-hybridized carbons (Fsp3) is 0.800. The minimum Gasteiger partial charge on any atom is -0.355 e. The van der Waals surface area contributed by atoms with Crippen LogP contribution in [0.2, 0.25) is 0 Å². The van der Waals surface area contributed by atoms with E-state index >= 15 is 0 Å². The summed E-state index contributed by atoms with van der Waals surface area (Å²) in [7, 11) is 0. The Hall–Kier alpha value is 1.12. The first-order valence-electron chi connectivity index (χ1n) is 2.58. The molecule has 0 aliphatic carbocycles. The van der Waals surface area contributed by atoms with Crippen LogP contribution in [-0.4, -0.2) is 21.4 Å². The van der Waals surface area contributed by atoms with Crippen LogP contribution in [0.15, 0.2) is 0 Å². The number of hydrogen-bond acceptors (Lipinski definition) is 1. The smallest absolute Gasteiger partial charge is 0.179 e. The lowest BCUT2D eigenvalue weighted by atomic mass is 10.2. The summed E-state index contributed by atoms with van der Waals surface area (Å²) in [6.45, 7) is 3.69. The van der Waals surface area contributed by atoms with E-state index in [1.165, 1.54) is 0 Å². The van der Waals surface area contributed by atoms with Crippen molar-refractivity contribution >= 4 is 46.4 Å². The van der Waals surface area contributed by atoms with Crippen LogP contribution < -0.4 is 0 Å². The van der Waals surface area contributed by atoms with Gasteiger partial charge in [0.15, 0.2) is 9.39 Å². The fourth-order valence-corrected chi connectivity index (χ4v) is 1.36. The van der Waals surface area contributed by atoms with Gasteiger partial charge in [-0.25, -0.2) is 0 Å². The third-order valence-electron chi connectivity index (χ3n) is 1.35. The quantitative estimate of drug-likeness (QED) is 0.573. The molecular formula is C5H5Cl4O. The topological polar surface area (TPSA) is 9.23 Å². The second kappa shape index (κ2) is 2.56. The third-order valence-corrected chi connectivity index (χ3v) is 3.76. The highest BCUT2D eigenvalue weighted by Gasteiger charge is 2.56. The molecule has 1 aliphatic rings. The van der Waals surface area contributed by atoms with Gasteiger partial charge in [0.25, 0.3) is 0 Å². The number of hydrogen-bond donors (Lipinski definition) is 0. The maximum absolute atomic E-state index is 5.72. The summed E-state index contributed by atoms with van der Waals surface area (Å²) in [4.78, 5) is 0. The largest absolute Gasteiger partial charge is 0.355 e. The van der Waals surface area contributed by atoms with Gasteiger partial charge in [0.05, 0.1) is 12.0 Å². The molecule has 1 aliphatic heterocycles. The van der Waals surface area contributed by atoms with Gasteiger partial charge in [-0.1, -0.05) is 34.8 Å². The highest BCUT2D eigenvalue weighted by molar-refractivity contribution is 6.57.